The molecule has 1 saturated heterocycles. The number of aliphatic hydroxyl groups is 1. The fourth-order valence-electron chi connectivity index (χ4n) is 3.59. The number of aliphatic hydroxyl groups excluding tert-OH is 1. The smallest absolute Gasteiger partial charge is 0.295 e. The van der Waals surface area contributed by atoms with Gasteiger partial charge in [-0.3, -0.25) is 9.59 Å². The van der Waals surface area contributed by atoms with Crippen LogP contribution in [0.1, 0.15) is 55.0 Å². The van der Waals surface area contributed by atoms with E-state index in [2.05, 4.69) is 6.92 Å². The summed E-state index contributed by atoms with van der Waals surface area (Å²) in [4.78, 5) is 27.2. The highest BCUT2D eigenvalue weighted by molar-refractivity contribution is 6.46. The van der Waals surface area contributed by atoms with Crippen LogP contribution in [0.25, 0.3) is 5.76 Å². The number of hydrogen-bond acceptors (Lipinski definition) is 3. The van der Waals surface area contributed by atoms with E-state index in [1.165, 1.54) is 5.56 Å². The summed E-state index contributed by atoms with van der Waals surface area (Å²) in [7, 11) is 0. The maximum atomic E-state index is 12.9. The molecule has 1 fully saturated rings. The van der Waals surface area contributed by atoms with Crippen LogP contribution in [-0.4, -0.2) is 28.2 Å². The molecule has 0 saturated carbocycles. The molecule has 0 aromatic heterocycles. The Morgan fingerprint density at radius 2 is 1.64 bits per heavy atom. The van der Waals surface area contributed by atoms with Gasteiger partial charge < -0.3 is 10.0 Å². The number of nitrogens with zero attached hydrogens (tertiary/aromatic N) is 1. The quantitative estimate of drug-likeness (QED) is 0.448. The van der Waals surface area contributed by atoms with Gasteiger partial charge in [-0.2, -0.15) is 0 Å². The van der Waals surface area contributed by atoms with Crippen molar-refractivity contribution < 1.29 is 14.7 Å². The molecule has 1 N–H and O–H groups in total. The maximum Gasteiger partial charge on any atom is 0.295 e. The lowest BCUT2D eigenvalue weighted by Crippen LogP contribution is -2.30. The van der Waals surface area contributed by atoms with Gasteiger partial charge in [0, 0.05) is 12.1 Å². The lowest BCUT2D eigenvalue weighted by molar-refractivity contribution is -0.139. The standard InChI is InChI=1S/C24H27NO3/c1-4-6-15-25-21(18-13-9-17(5-2)10-14-18)20(23(27)24(25)28)22(26)19-11-7-16(3)8-12-19/h7-14,21,26H,4-6,15H2,1-3H3/b22-20-. The summed E-state index contributed by atoms with van der Waals surface area (Å²) in [5.74, 6) is -1.26. The fourth-order valence-corrected chi connectivity index (χ4v) is 3.59. The minimum Gasteiger partial charge on any atom is -0.507 e. The molecular weight excluding hydrogens is 350 g/mol. The first-order valence-corrected chi connectivity index (χ1v) is 9.92. The first-order valence-electron chi connectivity index (χ1n) is 9.92. The Hall–Kier alpha value is -2.88. The Morgan fingerprint density at radius 3 is 2.21 bits per heavy atom. The Morgan fingerprint density at radius 1 is 1.00 bits per heavy atom. The second kappa shape index (κ2) is 8.42. The minimum atomic E-state index is -0.612. The average molecular weight is 377 g/mol. The molecule has 0 spiro atoms. The number of unbranched alkanes of at least 4 members (excludes halogenated alkanes) is 1. The van der Waals surface area contributed by atoms with E-state index in [0.717, 1.165) is 30.4 Å². The first-order chi connectivity index (χ1) is 13.5. The zero-order chi connectivity index (χ0) is 20.3. The second-order valence-corrected chi connectivity index (χ2v) is 7.31. The molecule has 146 valence electrons. The van der Waals surface area contributed by atoms with E-state index in [-0.39, 0.29) is 11.3 Å². The van der Waals surface area contributed by atoms with Gasteiger partial charge in [0.1, 0.15) is 5.76 Å². The van der Waals surface area contributed by atoms with E-state index >= 15 is 0 Å². The summed E-state index contributed by atoms with van der Waals surface area (Å²) in [5.41, 5.74) is 3.82. The lowest BCUT2D eigenvalue weighted by atomic mass is 9.94. The lowest BCUT2D eigenvalue weighted by Gasteiger charge is -2.25. The van der Waals surface area contributed by atoms with Gasteiger partial charge in [-0.15, -0.1) is 0 Å². The summed E-state index contributed by atoms with van der Waals surface area (Å²) in [6.45, 7) is 6.59. The molecule has 1 unspecified atom stereocenters. The first kappa shape index (κ1) is 19.9. The van der Waals surface area contributed by atoms with Gasteiger partial charge in [0.2, 0.25) is 0 Å². The van der Waals surface area contributed by atoms with Gasteiger partial charge in [0.25, 0.3) is 11.7 Å². The summed E-state index contributed by atoms with van der Waals surface area (Å²) in [5, 5.41) is 11.0. The van der Waals surface area contributed by atoms with Crippen molar-refractivity contribution in [3.05, 3.63) is 76.4 Å². The topological polar surface area (TPSA) is 57.6 Å². The number of aryl methyl sites for hydroxylation is 2. The predicted molar refractivity (Wildman–Crippen MR) is 111 cm³/mol. The monoisotopic (exact) mass is 377 g/mol. The van der Waals surface area contributed by atoms with Crippen LogP contribution in [0.2, 0.25) is 0 Å². The van der Waals surface area contributed by atoms with Crippen LogP contribution in [0.15, 0.2) is 54.1 Å². The van der Waals surface area contributed by atoms with Crippen LogP contribution in [0.4, 0.5) is 0 Å². The summed E-state index contributed by atoms with van der Waals surface area (Å²) < 4.78 is 0. The number of rotatable bonds is 6. The van der Waals surface area contributed by atoms with Crippen molar-refractivity contribution in [1.29, 1.82) is 0 Å². The molecule has 0 radical (unpaired) electrons. The van der Waals surface area contributed by atoms with E-state index in [4.69, 9.17) is 0 Å². The third kappa shape index (κ3) is 3.72. The molecule has 1 aliphatic rings. The van der Waals surface area contributed by atoms with Crippen molar-refractivity contribution >= 4 is 17.4 Å². The SMILES string of the molecule is CCCCN1C(=O)C(=O)/C(=C(\O)c2ccc(C)cc2)C1c1ccc(CC)cc1. The molecule has 1 amide bonds. The largest absolute Gasteiger partial charge is 0.507 e. The van der Waals surface area contributed by atoms with E-state index in [0.29, 0.717) is 12.1 Å². The number of ketones is 1. The molecule has 28 heavy (non-hydrogen) atoms. The van der Waals surface area contributed by atoms with Gasteiger partial charge >= 0.3 is 0 Å². The molecule has 1 atom stereocenters. The van der Waals surface area contributed by atoms with Crippen LogP contribution in [0.5, 0.6) is 0 Å². The third-order valence-electron chi connectivity index (χ3n) is 5.32. The van der Waals surface area contributed by atoms with Crippen LogP contribution in [-0.2, 0) is 16.0 Å². The zero-order valence-electron chi connectivity index (χ0n) is 16.7. The predicted octanol–water partition coefficient (Wildman–Crippen LogP) is 4.78. The molecule has 2 aromatic carbocycles. The van der Waals surface area contributed by atoms with Crippen LogP contribution in [0.3, 0.4) is 0 Å². The molecule has 0 bridgehead atoms. The normalized spacial score (nSPS) is 18.7. The average Bonchev–Trinajstić information content (AvgIpc) is 2.97. The minimum absolute atomic E-state index is 0.109. The Labute approximate surface area is 166 Å². The summed E-state index contributed by atoms with van der Waals surface area (Å²) in [6.07, 6.45) is 2.64. The third-order valence-corrected chi connectivity index (χ3v) is 5.32. The Balaban J connectivity index is 2.13. The highest BCUT2D eigenvalue weighted by atomic mass is 16.3. The number of hydrogen-bond donors (Lipinski definition) is 1. The van der Waals surface area contributed by atoms with E-state index < -0.39 is 17.7 Å². The zero-order valence-corrected chi connectivity index (χ0v) is 16.7. The van der Waals surface area contributed by atoms with Crippen molar-refractivity contribution in [2.75, 3.05) is 6.54 Å². The highest BCUT2D eigenvalue weighted by Gasteiger charge is 2.45. The van der Waals surface area contributed by atoms with Crippen LogP contribution >= 0.6 is 0 Å². The van der Waals surface area contributed by atoms with Gasteiger partial charge in [-0.05, 0) is 30.9 Å². The van der Waals surface area contributed by atoms with Crippen molar-refractivity contribution in [3.8, 4) is 0 Å². The molecule has 3 rings (SSSR count). The molecule has 0 aliphatic carbocycles. The van der Waals surface area contributed by atoms with E-state index in [1.807, 2.05) is 50.2 Å². The van der Waals surface area contributed by atoms with Crippen molar-refractivity contribution in [3.63, 3.8) is 0 Å². The fraction of sp³-hybridized carbons (Fsp3) is 0.333. The number of Topliss-reactive ketones (excluding diaryl/α,β-unsaturated/α-hetero) is 1. The van der Waals surface area contributed by atoms with Crippen molar-refractivity contribution in [2.45, 2.75) is 46.1 Å². The van der Waals surface area contributed by atoms with E-state index in [1.54, 1.807) is 17.0 Å². The molecular formula is C24H27NO3. The second-order valence-electron chi connectivity index (χ2n) is 7.31. The summed E-state index contributed by atoms with van der Waals surface area (Å²) in [6, 6.07) is 14.7. The molecule has 4 heteroatoms. The summed E-state index contributed by atoms with van der Waals surface area (Å²) >= 11 is 0. The molecule has 1 aliphatic heterocycles. The van der Waals surface area contributed by atoms with Crippen LogP contribution < -0.4 is 0 Å². The number of amides is 1. The maximum absolute atomic E-state index is 12.9. The van der Waals surface area contributed by atoms with Gasteiger partial charge in [-0.25, -0.2) is 0 Å². The number of benzene rings is 2. The molecule has 4 nitrogen and oxygen atoms in total. The molecule has 1 heterocycles. The number of carbonyl (C=O) groups excluding carboxylic acids is 2. The van der Waals surface area contributed by atoms with Gasteiger partial charge in [0.05, 0.1) is 11.6 Å². The Bertz CT molecular complexity index is 894. The Kier molecular flexibility index (Phi) is 5.98. The van der Waals surface area contributed by atoms with Crippen LogP contribution in [0, 0.1) is 6.92 Å². The van der Waals surface area contributed by atoms with Crippen molar-refractivity contribution in [2.24, 2.45) is 0 Å². The van der Waals surface area contributed by atoms with Crippen molar-refractivity contribution in [1.82, 2.24) is 4.90 Å². The highest BCUT2D eigenvalue weighted by Crippen LogP contribution is 2.39. The van der Waals surface area contributed by atoms with Gasteiger partial charge in [-0.1, -0.05) is 74.4 Å². The number of likely N-dealkylation sites (tertiary alicyclic amines) is 1. The number of carbonyl (C=O) groups is 2. The van der Waals surface area contributed by atoms with Gasteiger partial charge in [0.15, 0.2) is 0 Å². The van der Waals surface area contributed by atoms with E-state index in [9.17, 15) is 14.7 Å². The molecule has 2 aromatic rings.